The SMILES string of the molecule is CCOC(=O)CCCCc1c(C)nn2c(CC)ccc2c1-c1cncc(NC(=O)OC(C)(C)C)c1. The number of nitrogens with one attached hydrogen (secondary N) is 1. The van der Waals surface area contributed by atoms with Gasteiger partial charge in [-0.1, -0.05) is 6.92 Å². The van der Waals surface area contributed by atoms with Crippen molar-refractivity contribution >= 4 is 23.3 Å². The Morgan fingerprint density at radius 3 is 2.57 bits per heavy atom. The number of aryl methyl sites for hydroxylation is 2. The van der Waals surface area contributed by atoms with E-state index < -0.39 is 11.7 Å². The van der Waals surface area contributed by atoms with Gasteiger partial charge in [-0.25, -0.2) is 9.31 Å². The van der Waals surface area contributed by atoms with E-state index in [2.05, 4.69) is 29.4 Å². The summed E-state index contributed by atoms with van der Waals surface area (Å²) >= 11 is 0. The van der Waals surface area contributed by atoms with Gasteiger partial charge in [0.05, 0.1) is 29.7 Å². The minimum atomic E-state index is -0.595. The van der Waals surface area contributed by atoms with Crippen molar-refractivity contribution in [2.75, 3.05) is 11.9 Å². The third kappa shape index (κ3) is 6.81. The molecule has 3 rings (SSSR count). The van der Waals surface area contributed by atoms with E-state index in [0.29, 0.717) is 18.7 Å². The highest BCUT2D eigenvalue weighted by atomic mass is 16.6. The zero-order valence-electron chi connectivity index (χ0n) is 21.6. The van der Waals surface area contributed by atoms with Gasteiger partial charge in [-0.3, -0.25) is 15.1 Å². The Kier molecular flexibility index (Phi) is 8.48. The highest BCUT2D eigenvalue weighted by molar-refractivity contribution is 5.88. The standard InChI is InChI=1S/C27H36N4O4/c1-7-21-13-14-23-25(19-15-20(17-28-16-19)29-26(33)35-27(4,5)6)22(18(3)30-31(21)23)11-9-10-12-24(32)34-8-2/h13-17H,7-12H2,1-6H3,(H,29,33). The summed E-state index contributed by atoms with van der Waals surface area (Å²) in [7, 11) is 0. The maximum Gasteiger partial charge on any atom is 0.412 e. The molecule has 8 heteroatoms. The van der Waals surface area contributed by atoms with E-state index in [1.165, 1.54) is 0 Å². The second kappa shape index (κ2) is 11.3. The highest BCUT2D eigenvalue weighted by Crippen LogP contribution is 2.33. The lowest BCUT2D eigenvalue weighted by Gasteiger charge is -2.20. The Labute approximate surface area is 207 Å². The summed E-state index contributed by atoms with van der Waals surface area (Å²) in [5, 5.41) is 7.65. The zero-order chi connectivity index (χ0) is 25.6. The zero-order valence-corrected chi connectivity index (χ0v) is 21.6. The second-order valence-corrected chi connectivity index (χ2v) is 9.52. The molecule has 0 saturated carbocycles. The molecule has 35 heavy (non-hydrogen) atoms. The Bertz CT molecular complexity index is 1190. The van der Waals surface area contributed by atoms with Gasteiger partial charge in [-0.15, -0.1) is 0 Å². The number of carbonyl (C=O) groups is 2. The average Bonchev–Trinajstić information content (AvgIpc) is 3.17. The van der Waals surface area contributed by atoms with E-state index in [1.807, 2.05) is 45.2 Å². The molecule has 0 atom stereocenters. The van der Waals surface area contributed by atoms with Crippen LogP contribution in [0.5, 0.6) is 0 Å². The lowest BCUT2D eigenvalue weighted by molar-refractivity contribution is -0.143. The number of carbonyl (C=O) groups excluding carboxylic acids is 2. The molecule has 0 radical (unpaired) electrons. The van der Waals surface area contributed by atoms with E-state index in [-0.39, 0.29) is 5.97 Å². The summed E-state index contributed by atoms with van der Waals surface area (Å²) in [6, 6.07) is 6.08. The lowest BCUT2D eigenvalue weighted by atomic mass is 9.95. The molecule has 3 aromatic rings. The van der Waals surface area contributed by atoms with Crippen LogP contribution in [-0.4, -0.2) is 38.9 Å². The molecule has 0 bridgehead atoms. The number of hydrogen-bond acceptors (Lipinski definition) is 6. The van der Waals surface area contributed by atoms with Crippen LogP contribution in [0.4, 0.5) is 10.5 Å². The van der Waals surface area contributed by atoms with Crippen molar-refractivity contribution in [1.29, 1.82) is 0 Å². The summed E-state index contributed by atoms with van der Waals surface area (Å²) in [6.07, 6.45) is 6.47. The van der Waals surface area contributed by atoms with Gasteiger partial charge in [0.25, 0.3) is 0 Å². The van der Waals surface area contributed by atoms with Crippen LogP contribution in [0, 0.1) is 6.92 Å². The Balaban J connectivity index is 1.96. The van der Waals surface area contributed by atoms with Crippen LogP contribution < -0.4 is 5.32 Å². The van der Waals surface area contributed by atoms with E-state index in [0.717, 1.165) is 59.3 Å². The number of nitrogens with zero attached hydrogens (tertiary/aromatic N) is 3. The van der Waals surface area contributed by atoms with E-state index in [9.17, 15) is 9.59 Å². The quantitative estimate of drug-likeness (QED) is 0.303. The molecule has 0 aliphatic carbocycles. The number of pyridine rings is 1. The average molecular weight is 481 g/mol. The maximum atomic E-state index is 12.3. The van der Waals surface area contributed by atoms with Crippen molar-refractivity contribution in [3.63, 3.8) is 0 Å². The molecule has 0 spiro atoms. The number of amides is 1. The first kappa shape index (κ1) is 26.2. The van der Waals surface area contributed by atoms with Crippen molar-refractivity contribution in [1.82, 2.24) is 14.6 Å². The minimum Gasteiger partial charge on any atom is -0.466 e. The Morgan fingerprint density at radius 1 is 1.11 bits per heavy atom. The Morgan fingerprint density at radius 2 is 1.89 bits per heavy atom. The predicted molar refractivity (Wildman–Crippen MR) is 137 cm³/mol. The molecular weight excluding hydrogens is 444 g/mol. The molecule has 0 aliphatic rings. The molecule has 0 aromatic carbocycles. The highest BCUT2D eigenvalue weighted by Gasteiger charge is 2.19. The number of rotatable bonds is 9. The van der Waals surface area contributed by atoms with E-state index in [4.69, 9.17) is 14.6 Å². The van der Waals surface area contributed by atoms with E-state index >= 15 is 0 Å². The molecule has 1 amide bonds. The van der Waals surface area contributed by atoms with Crippen LogP contribution in [-0.2, 0) is 27.1 Å². The van der Waals surface area contributed by atoms with Crippen LogP contribution in [0.15, 0.2) is 30.6 Å². The predicted octanol–water partition coefficient (Wildman–Crippen LogP) is 5.89. The van der Waals surface area contributed by atoms with Crippen molar-refractivity contribution in [3.8, 4) is 11.1 Å². The van der Waals surface area contributed by atoms with Gasteiger partial charge in [0, 0.05) is 29.4 Å². The van der Waals surface area contributed by atoms with Crippen molar-refractivity contribution in [2.24, 2.45) is 0 Å². The number of fused-ring (bicyclic) bond motifs is 1. The molecule has 1 N–H and O–H groups in total. The largest absolute Gasteiger partial charge is 0.466 e. The number of anilines is 1. The molecule has 8 nitrogen and oxygen atoms in total. The first-order valence-electron chi connectivity index (χ1n) is 12.2. The first-order valence-corrected chi connectivity index (χ1v) is 12.2. The molecular formula is C27H36N4O4. The number of hydrogen-bond donors (Lipinski definition) is 1. The number of aromatic nitrogens is 3. The van der Waals surface area contributed by atoms with Crippen molar-refractivity contribution in [3.05, 3.63) is 47.5 Å². The topological polar surface area (TPSA) is 94.8 Å². The van der Waals surface area contributed by atoms with Crippen LogP contribution >= 0.6 is 0 Å². The summed E-state index contributed by atoms with van der Waals surface area (Å²) in [6.45, 7) is 11.8. The lowest BCUT2D eigenvalue weighted by Crippen LogP contribution is -2.27. The summed E-state index contributed by atoms with van der Waals surface area (Å²) in [4.78, 5) is 28.5. The van der Waals surface area contributed by atoms with Gasteiger partial charge >= 0.3 is 12.1 Å². The van der Waals surface area contributed by atoms with Crippen LogP contribution in [0.25, 0.3) is 16.6 Å². The molecule has 0 saturated heterocycles. The van der Waals surface area contributed by atoms with Crippen molar-refractivity contribution < 1.29 is 19.1 Å². The third-order valence-corrected chi connectivity index (χ3v) is 5.58. The summed E-state index contributed by atoms with van der Waals surface area (Å²) in [5.41, 5.74) is 6.03. The normalized spacial score (nSPS) is 11.5. The molecule has 0 aliphatic heterocycles. The first-order chi connectivity index (χ1) is 16.6. The second-order valence-electron chi connectivity index (χ2n) is 9.52. The van der Waals surface area contributed by atoms with Gasteiger partial charge in [-0.2, -0.15) is 5.10 Å². The van der Waals surface area contributed by atoms with Crippen molar-refractivity contribution in [2.45, 2.75) is 79.2 Å². The van der Waals surface area contributed by atoms with Crippen LogP contribution in [0.3, 0.4) is 0 Å². The smallest absolute Gasteiger partial charge is 0.412 e. The van der Waals surface area contributed by atoms with Crippen LogP contribution in [0.2, 0.25) is 0 Å². The number of unbranched alkanes of at least 4 members (excludes halogenated alkanes) is 1. The minimum absolute atomic E-state index is 0.165. The summed E-state index contributed by atoms with van der Waals surface area (Å²) < 4.78 is 12.4. The van der Waals surface area contributed by atoms with Gasteiger partial charge in [0.1, 0.15) is 5.60 Å². The maximum absolute atomic E-state index is 12.3. The molecule has 0 fully saturated rings. The molecule has 3 heterocycles. The van der Waals surface area contributed by atoms with Crippen LogP contribution in [0.1, 0.15) is 70.8 Å². The third-order valence-electron chi connectivity index (χ3n) is 5.58. The van der Waals surface area contributed by atoms with E-state index in [1.54, 1.807) is 12.4 Å². The monoisotopic (exact) mass is 480 g/mol. The van der Waals surface area contributed by atoms with Gasteiger partial charge in [0.15, 0.2) is 0 Å². The molecule has 188 valence electrons. The van der Waals surface area contributed by atoms with Gasteiger partial charge in [0.2, 0.25) is 0 Å². The number of ether oxygens (including phenoxy) is 2. The number of esters is 1. The fourth-order valence-corrected chi connectivity index (χ4v) is 4.09. The fourth-order valence-electron chi connectivity index (χ4n) is 4.09. The Hall–Kier alpha value is -3.42. The fraction of sp³-hybridized carbons (Fsp3) is 0.481. The van der Waals surface area contributed by atoms with Gasteiger partial charge in [-0.05, 0) is 84.1 Å². The molecule has 3 aromatic heterocycles. The summed E-state index contributed by atoms with van der Waals surface area (Å²) in [5.74, 6) is -0.165. The van der Waals surface area contributed by atoms with Gasteiger partial charge < -0.3 is 9.47 Å². The molecule has 0 unspecified atom stereocenters.